The Hall–Kier alpha value is -1.35. The molecule has 1 aromatic rings. The molecule has 0 saturated carbocycles. The molecule has 16 heavy (non-hydrogen) atoms. The summed E-state index contributed by atoms with van der Waals surface area (Å²) in [7, 11) is -3.35. The standard InChI is InChI=1S/C7H7F3N2O3S/c1-15-3-2-4(16(11,13)14)7(10)12-5(3)6(8)9/h2,6H,1H3,(H2,11,13,14). The van der Waals surface area contributed by atoms with Crippen molar-refractivity contribution in [2.45, 2.75) is 11.3 Å². The Morgan fingerprint density at radius 1 is 1.50 bits per heavy atom. The average Bonchev–Trinajstić information content (AvgIpc) is 2.15. The maximum Gasteiger partial charge on any atom is 0.284 e. The smallest absolute Gasteiger partial charge is 0.284 e. The fraction of sp³-hybridized carbons (Fsp3) is 0.286. The van der Waals surface area contributed by atoms with E-state index in [1.54, 1.807) is 0 Å². The summed E-state index contributed by atoms with van der Waals surface area (Å²) in [6.45, 7) is 0. The number of halogens is 3. The molecular formula is C7H7F3N2O3S. The quantitative estimate of drug-likeness (QED) is 0.811. The molecule has 0 saturated heterocycles. The first kappa shape index (κ1) is 12.7. The first-order valence-corrected chi connectivity index (χ1v) is 5.37. The molecule has 0 fully saturated rings. The second kappa shape index (κ2) is 4.26. The van der Waals surface area contributed by atoms with Gasteiger partial charge in [0, 0.05) is 6.07 Å². The van der Waals surface area contributed by atoms with Crippen molar-refractivity contribution in [2.24, 2.45) is 5.14 Å². The van der Waals surface area contributed by atoms with Gasteiger partial charge >= 0.3 is 0 Å². The third-order valence-corrected chi connectivity index (χ3v) is 2.57. The van der Waals surface area contributed by atoms with Crippen molar-refractivity contribution in [1.29, 1.82) is 0 Å². The summed E-state index contributed by atoms with van der Waals surface area (Å²) in [6, 6.07) is 0.569. The predicted octanol–water partition coefficient (Wildman–Crippen LogP) is 0.814. The number of nitrogens with two attached hydrogens (primary N) is 1. The molecular weight excluding hydrogens is 249 g/mol. The zero-order chi connectivity index (χ0) is 12.5. The van der Waals surface area contributed by atoms with Crippen LogP contribution in [-0.2, 0) is 10.0 Å². The summed E-state index contributed by atoms with van der Waals surface area (Å²) in [5.41, 5.74) is -0.979. The van der Waals surface area contributed by atoms with Gasteiger partial charge in [0.25, 0.3) is 6.43 Å². The number of primary sulfonamides is 1. The van der Waals surface area contributed by atoms with Crippen molar-refractivity contribution < 1.29 is 26.3 Å². The minimum atomic E-state index is -4.37. The lowest BCUT2D eigenvalue weighted by atomic mass is 10.3. The summed E-state index contributed by atoms with van der Waals surface area (Å²) >= 11 is 0. The highest BCUT2D eigenvalue weighted by molar-refractivity contribution is 7.89. The van der Waals surface area contributed by atoms with Gasteiger partial charge in [-0.15, -0.1) is 0 Å². The number of nitrogens with zero attached hydrogens (tertiary/aromatic N) is 1. The molecule has 2 N–H and O–H groups in total. The van der Waals surface area contributed by atoms with E-state index in [4.69, 9.17) is 0 Å². The van der Waals surface area contributed by atoms with Gasteiger partial charge in [0.2, 0.25) is 16.0 Å². The molecule has 0 spiro atoms. The maximum absolute atomic E-state index is 13.1. The summed E-state index contributed by atoms with van der Waals surface area (Å²) in [4.78, 5) is 1.82. The highest BCUT2D eigenvalue weighted by Gasteiger charge is 2.24. The van der Waals surface area contributed by atoms with Crippen molar-refractivity contribution >= 4 is 10.0 Å². The van der Waals surface area contributed by atoms with Crippen LogP contribution in [0.1, 0.15) is 12.1 Å². The molecule has 0 amide bonds. The first-order valence-electron chi connectivity index (χ1n) is 3.82. The van der Waals surface area contributed by atoms with E-state index in [1.165, 1.54) is 0 Å². The molecule has 0 radical (unpaired) electrons. The molecule has 0 aromatic carbocycles. The molecule has 1 rings (SSSR count). The molecule has 0 aliphatic carbocycles. The lowest BCUT2D eigenvalue weighted by Crippen LogP contribution is -2.16. The Bertz CT molecular complexity index is 504. The fourth-order valence-electron chi connectivity index (χ4n) is 0.988. The van der Waals surface area contributed by atoms with Crippen LogP contribution in [0.5, 0.6) is 5.75 Å². The first-order chi connectivity index (χ1) is 7.27. The zero-order valence-corrected chi connectivity index (χ0v) is 8.76. The summed E-state index contributed by atoms with van der Waals surface area (Å²) in [6.07, 6.45) is -3.08. The number of hydrogen-bond donors (Lipinski definition) is 1. The van der Waals surface area contributed by atoms with Crippen LogP contribution in [0, 0.1) is 5.95 Å². The van der Waals surface area contributed by atoms with Crippen LogP contribution in [0.25, 0.3) is 0 Å². The largest absolute Gasteiger partial charge is 0.495 e. The van der Waals surface area contributed by atoms with Crippen molar-refractivity contribution in [3.8, 4) is 5.75 Å². The van der Waals surface area contributed by atoms with E-state index in [0.717, 1.165) is 7.11 Å². The Kier molecular flexibility index (Phi) is 3.38. The molecule has 0 bridgehead atoms. The van der Waals surface area contributed by atoms with Gasteiger partial charge in [-0.1, -0.05) is 0 Å². The van der Waals surface area contributed by atoms with Crippen LogP contribution < -0.4 is 9.88 Å². The Morgan fingerprint density at radius 2 is 2.06 bits per heavy atom. The van der Waals surface area contributed by atoms with Crippen molar-refractivity contribution in [1.82, 2.24) is 4.98 Å². The van der Waals surface area contributed by atoms with E-state index in [0.29, 0.717) is 6.07 Å². The Balaban J connectivity index is 3.50. The monoisotopic (exact) mass is 256 g/mol. The zero-order valence-electron chi connectivity index (χ0n) is 7.95. The summed E-state index contributed by atoms with van der Waals surface area (Å²) in [5, 5.41) is 4.66. The normalized spacial score (nSPS) is 11.9. The third-order valence-electron chi connectivity index (χ3n) is 1.67. The van der Waals surface area contributed by atoms with Crippen LogP contribution in [-0.4, -0.2) is 20.5 Å². The minimum Gasteiger partial charge on any atom is -0.495 e. The second-order valence-corrected chi connectivity index (χ2v) is 4.24. The molecule has 0 aliphatic heterocycles. The van der Waals surface area contributed by atoms with Gasteiger partial charge in [0.05, 0.1) is 7.11 Å². The van der Waals surface area contributed by atoms with E-state index in [9.17, 15) is 21.6 Å². The lowest BCUT2D eigenvalue weighted by Gasteiger charge is -2.08. The van der Waals surface area contributed by atoms with Crippen LogP contribution >= 0.6 is 0 Å². The highest BCUT2D eigenvalue weighted by Crippen LogP contribution is 2.29. The van der Waals surface area contributed by atoms with E-state index < -0.39 is 38.7 Å². The summed E-state index contributed by atoms with van der Waals surface area (Å²) < 4.78 is 63.9. The van der Waals surface area contributed by atoms with Gasteiger partial charge in [-0.25, -0.2) is 27.3 Å². The van der Waals surface area contributed by atoms with Gasteiger partial charge in [0.1, 0.15) is 10.6 Å². The number of ether oxygens (including phenoxy) is 1. The maximum atomic E-state index is 13.1. The third kappa shape index (κ3) is 2.42. The predicted molar refractivity (Wildman–Crippen MR) is 47.1 cm³/mol. The van der Waals surface area contributed by atoms with E-state index in [-0.39, 0.29) is 0 Å². The number of methoxy groups -OCH3 is 1. The molecule has 9 heteroatoms. The van der Waals surface area contributed by atoms with Gasteiger partial charge in [-0.3, -0.25) is 0 Å². The van der Waals surface area contributed by atoms with Crippen LogP contribution in [0.2, 0.25) is 0 Å². The summed E-state index contributed by atoms with van der Waals surface area (Å²) in [5.74, 6) is -2.13. The van der Waals surface area contributed by atoms with Gasteiger partial charge in [0.15, 0.2) is 5.69 Å². The lowest BCUT2D eigenvalue weighted by molar-refractivity contribution is 0.139. The molecule has 0 atom stereocenters. The van der Waals surface area contributed by atoms with Gasteiger partial charge in [-0.2, -0.15) is 4.39 Å². The molecule has 5 nitrogen and oxygen atoms in total. The average molecular weight is 256 g/mol. The van der Waals surface area contributed by atoms with Gasteiger partial charge < -0.3 is 4.74 Å². The van der Waals surface area contributed by atoms with E-state index in [1.807, 2.05) is 0 Å². The minimum absolute atomic E-state index is 0.541. The number of pyridine rings is 1. The van der Waals surface area contributed by atoms with E-state index in [2.05, 4.69) is 14.9 Å². The number of rotatable bonds is 3. The number of hydrogen-bond acceptors (Lipinski definition) is 4. The van der Waals surface area contributed by atoms with Gasteiger partial charge in [-0.05, 0) is 0 Å². The molecule has 1 aromatic heterocycles. The van der Waals surface area contributed by atoms with Crippen LogP contribution in [0.3, 0.4) is 0 Å². The SMILES string of the molecule is COc1cc(S(N)(=O)=O)c(F)nc1C(F)F. The molecule has 0 unspecified atom stereocenters. The Morgan fingerprint density at radius 3 is 2.44 bits per heavy atom. The second-order valence-electron chi connectivity index (χ2n) is 2.71. The topological polar surface area (TPSA) is 82.3 Å². The van der Waals surface area contributed by atoms with Crippen LogP contribution in [0.4, 0.5) is 13.2 Å². The number of alkyl halides is 2. The highest BCUT2D eigenvalue weighted by atomic mass is 32.2. The molecule has 90 valence electrons. The fourth-order valence-corrected chi connectivity index (χ4v) is 1.54. The molecule has 0 aliphatic rings. The number of sulfonamides is 1. The Labute approximate surface area is 89.1 Å². The van der Waals surface area contributed by atoms with Crippen molar-refractivity contribution in [3.63, 3.8) is 0 Å². The number of aromatic nitrogens is 1. The van der Waals surface area contributed by atoms with Crippen molar-refractivity contribution in [3.05, 3.63) is 17.7 Å². The molecule has 1 heterocycles. The van der Waals surface area contributed by atoms with Crippen molar-refractivity contribution in [2.75, 3.05) is 7.11 Å². The van der Waals surface area contributed by atoms with Crippen LogP contribution in [0.15, 0.2) is 11.0 Å². The van der Waals surface area contributed by atoms with E-state index >= 15 is 0 Å².